The van der Waals surface area contributed by atoms with Gasteiger partial charge in [-0.05, 0) is 38.0 Å². The molecule has 1 amide bonds. The largest absolute Gasteiger partial charge is 0.477 e. The maximum atomic E-state index is 14.3. The zero-order valence-electron chi connectivity index (χ0n) is 19.2. The molecule has 0 radical (unpaired) electrons. The molecule has 35 heavy (non-hydrogen) atoms. The van der Waals surface area contributed by atoms with Crippen LogP contribution < -0.4 is 10.2 Å². The van der Waals surface area contributed by atoms with Crippen LogP contribution in [0.25, 0.3) is 11.4 Å². The Bertz CT molecular complexity index is 1210. The summed E-state index contributed by atoms with van der Waals surface area (Å²) in [5, 5.41) is 13.6. The Hall–Kier alpha value is -3.02. The fraction of sp³-hybridized carbons (Fsp3) is 0.391. The summed E-state index contributed by atoms with van der Waals surface area (Å²) in [4.78, 5) is 37.9. The molecule has 4 rings (SSSR count). The number of thiazole rings is 1. The SMILES string of the molecule is CCCO[C@H]1CN(c2nc(-c3ncccc3F)c(C(=O)O)s2)CC[C@H]1NC(=O)c1cc(Cl)c(C)[nH]1. The number of halogens is 2. The molecule has 1 aliphatic rings. The Morgan fingerprint density at radius 3 is 2.89 bits per heavy atom. The van der Waals surface area contributed by atoms with Crippen LogP contribution in [0, 0.1) is 12.7 Å². The number of hydrogen-bond acceptors (Lipinski definition) is 7. The Balaban J connectivity index is 1.55. The highest BCUT2D eigenvalue weighted by Crippen LogP contribution is 2.35. The second-order valence-electron chi connectivity index (χ2n) is 8.19. The van der Waals surface area contributed by atoms with Gasteiger partial charge in [0.25, 0.3) is 5.91 Å². The molecule has 0 bridgehead atoms. The van der Waals surface area contributed by atoms with Crippen LogP contribution in [0.3, 0.4) is 0 Å². The summed E-state index contributed by atoms with van der Waals surface area (Å²) in [6.07, 6.45) is 2.38. The highest BCUT2D eigenvalue weighted by molar-refractivity contribution is 7.17. The molecule has 9 nitrogen and oxygen atoms in total. The van der Waals surface area contributed by atoms with Crippen molar-refractivity contribution in [3.8, 4) is 11.4 Å². The summed E-state index contributed by atoms with van der Waals surface area (Å²) >= 11 is 7.04. The van der Waals surface area contributed by atoms with Crippen molar-refractivity contribution >= 4 is 39.9 Å². The van der Waals surface area contributed by atoms with E-state index in [1.54, 1.807) is 13.0 Å². The summed E-state index contributed by atoms with van der Waals surface area (Å²) < 4.78 is 20.4. The van der Waals surface area contributed by atoms with E-state index in [-0.39, 0.29) is 34.3 Å². The predicted octanol–water partition coefficient (Wildman–Crippen LogP) is 4.14. The van der Waals surface area contributed by atoms with E-state index in [1.807, 2.05) is 11.8 Å². The minimum Gasteiger partial charge on any atom is -0.477 e. The number of anilines is 1. The van der Waals surface area contributed by atoms with Crippen LogP contribution in [0.4, 0.5) is 9.52 Å². The first-order chi connectivity index (χ1) is 16.8. The third kappa shape index (κ3) is 5.47. The second kappa shape index (κ2) is 10.7. The maximum Gasteiger partial charge on any atom is 0.348 e. The van der Waals surface area contributed by atoms with Gasteiger partial charge in [0, 0.05) is 31.6 Å². The number of aromatic nitrogens is 3. The van der Waals surface area contributed by atoms with Crippen LogP contribution >= 0.6 is 22.9 Å². The fourth-order valence-corrected chi connectivity index (χ4v) is 5.00. The zero-order valence-corrected chi connectivity index (χ0v) is 20.7. The Morgan fingerprint density at radius 1 is 1.43 bits per heavy atom. The van der Waals surface area contributed by atoms with Crippen LogP contribution in [0.2, 0.25) is 5.02 Å². The molecule has 2 atom stereocenters. The van der Waals surface area contributed by atoms with E-state index < -0.39 is 11.8 Å². The van der Waals surface area contributed by atoms with Gasteiger partial charge in [0.2, 0.25) is 0 Å². The van der Waals surface area contributed by atoms with Gasteiger partial charge in [-0.15, -0.1) is 0 Å². The average molecular weight is 522 g/mol. The number of hydrogen-bond donors (Lipinski definition) is 3. The molecule has 186 valence electrons. The number of amides is 1. The molecular formula is C23H25ClFN5O4S. The molecule has 1 aliphatic heterocycles. The molecule has 3 N–H and O–H groups in total. The van der Waals surface area contributed by atoms with Crippen molar-refractivity contribution in [1.82, 2.24) is 20.3 Å². The van der Waals surface area contributed by atoms with Crippen molar-refractivity contribution in [3.05, 3.63) is 51.5 Å². The zero-order chi connectivity index (χ0) is 25.1. The lowest BCUT2D eigenvalue weighted by Crippen LogP contribution is -2.55. The Kier molecular flexibility index (Phi) is 7.68. The molecule has 3 aromatic heterocycles. The van der Waals surface area contributed by atoms with Crippen molar-refractivity contribution in [3.63, 3.8) is 0 Å². The van der Waals surface area contributed by atoms with Crippen molar-refractivity contribution in [2.75, 3.05) is 24.6 Å². The number of rotatable bonds is 8. The van der Waals surface area contributed by atoms with E-state index in [4.69, 9.17) is 16.3 Å². The van der Waals surface area contributed by atoms with E-state index >= 15 is 0 Å². The average Bonchev–Trinajstić information content (AvgIpc) is 3.42. The molecule has 0 aliphatic carbocycles. The number of carboxylic acids is 1. The van der Waals surface area contributed by atoms with E-state index in [2.05, 4.69) is 20.3 Å². The summed E-state index contributed by atoms with van der Waals surface area (Å²) in [6.45, 7) is 5.16. The summed E-state index contributed by atoms with van der Waals surface area (Å²) in [7, 11) is 0. The van der Waals surface area contributed by atoms with Crippen LogP contribution in [0.5, 0.6) is 0 Å². The van der Waals surface area contributed by atoms with Gasteiger partial charge in [0.1, 0.15) is 22.0 Å². The lowest BCUT2D eigenvalue weighted by atomic mass is 10.0. The van der Waals surface area contributed by atoms with E-state index in [9.17, 15) is 19.1 Å². The van der Waals surface area contributed by atoms with Gasteiger partial charge in [-0.1, -0.05) is 29.9 Å². The van der Waals surface area contributed by atoms with Crippen molar-refractivity contribution < 1.29 is 23.8 Å². The quantitative estimate of drug-likeness (QED) is 0.407. The molecule has 0 aromatic carbocycles. The molecule has 1 saturated heterocycles. The first kappa shape index (κ1) is 25.1. The maximum absolute atomic E-state index is 14.3. The van der Waals surface area contributed by atoms with Crippen molar-refractivity contribution in [2.24, 2.45) is 0 Å². The Morgan fingerprint density at radius 2 is 2.23 bits per heavy atom. The van der Waals surface area contributed by atoms with E-state index in [0.29, 0.717) is 47.7 Å². The molecule has 0 unspecified atom stereocenters. The van der Waals surface area contributed by atoms with Crippen LogP contribution in [-0.2, 0) is 4.74 Å². The number of aromatic amines is 1. The molecule has 3 aromatic rings. The number of H-pyrrole nitrogens is 1. The standard InChI is InChI=1S/C23H25ClFN5O4S/c1-3-9-34-17-11-30(8-6-15(17)28-21(31)16-10-13(24)12(2)27-16)23-29-19(20(35-23)22(32)33)18-14(25)5-4-7-26-18/h4-5,7,10,15,17,27H,3,6,8-9,11H2,1-2H3,(H,28,31)(H,32,33)/t15-,17+/m1/s1. The van der Waals surface area contributed by atoms with Crippen LogP contribution in [-0.4, -0.2) is 63.8 Å². The van der Waals surface area contributed by atoms with Gasteiger partial charge in [-0.25, -0.2) is 14.2 Å². The number of aromatic carboxylic acids is 1. The number of carbonyl (C=O) groups excluding carboxylic acids is 1. The fourth-order valence-electron chi connectivity index (χ4n) is 3.90. The van der Waals surface area contributed by atoms with Crippen molar-refractivity contribution in [2.45, 2.75) is 38.8 Å². The molecular weight excluding hydrogens is 497 g/mol. The van der Waals surface area contributed by atoms with Gasteiger partial charge in [0.15, 0.2) is 10.9 Å². The van der Waals surface area contributed by atoms with E-state index in [0.717, 1.165) is 17.8 Å². The number of pyridine rings is 1. The number of carbonyl (C=O) groups is 2. The van der Waals surface area contributed by atoms with Gasteiger partial charge in [0.05, 0.1) is 17.2 Å². The third-order valence-corrected chi connectivity index (χ3v) is 7.17. The smallest absolute Gasteiger partial charge is 0.348 e. The topological polar surface area (TPSA) is 120 Å². The summed E-state index contributed by atoms with van der Waals surface area (Å²) in [6, 6.07) is 3.97. The first-order valence-electron chi connectivity index (χ1n) is 11.2. The molecule has 0 saturated carbocycles. The monoisotopic (exact) mass is 521 g/mol. The Labute approximate surface area is 210 Å². The number of piperidine rings is 1. The number of aryl methyl sites for hydroxylation is 1. The minimum atomic E-state index is -1.20. The molecule has 1 fully saturated rings. The van der Waals surface area contributed by atoms with Crippen LogP contribution in [0.15, 0.2) is 24.4 Å². The number of nitrogens with zero attached hydrogens (tertiary/aromatic N) is 3. The second-order valence-corrected chi connectivity index (χ2v) is 9.58. The molecule has 4 heterocycles. The first-order valence-corrected chi connectivity index (χ1v) is 12.4. The number of carboxylic acid groups (broad SMARTS) is 1. The van der Waals surface area contributed by atoms with Crippen LogP contribution in [0.1, 0.15) is 45.6 Å². The lowest BCUT2D eigenvalue weighted by molar-refractivity contribution is 0.0205. The lowest BCUT2D eigenvalue weighted by Gasteiger charge is -2.38. The van der Waals surface area contributed by atoms with Gasteiger partial charge < -0.3 is 25.0 Å². The van der Waals surface area contributed by atoms with E-state index in [1.165, 1.54) is 18.3 Å². The summed E-state index contributed by atoms with van der Waals surface area (Å²) in [5.74, 6) is -2.12. The minimum absolute atomic E-state index is 0.00366. The van der Waals surface area contributed by atoms with Gasteiger partial charge in [-0.2, -0.15) is 0 Å². The molecule has 12 heteroatoms. The predicted molar refractivity (Wildman–Crippen MR) is 131 cm³/mol. The highest BCUT2D eigenvalue weighted by Gasteiger charge is 2.34. The highest BCUT2D eigenvalue weighted by atomic mass is 35.5. The number of ether oxygens (including phenoxy) is 1. The van der Waals surface area contributed by atoms with Gasteiger partial charge >= 0.3 is 5.97 Å². The number of nitrogens with one attached hydrogen (secondary N) is 2. The molecule has 0 spiro atoms. The van der Waals surface area contributed by atoms with Gasteiger partial charge in [-0.3, -0.25) is 9.78 Å². The van der Waals surface area contributed by atoms with Crippen molar-refractivity contribution in [1.29, 1.82) is 0 Å². The third-order valence-electron chi connectivity index (χ3n) is 5.67. The normalized spacial score (nSPS) is 18.0. The summed E-state index contributed by atoms with van der Waals surface area (Å²) in [5.41, 5.74) is 0.977.